The number of piperazine rings is 1. The van der Waals surface area contributed by atoms with Gasteiger partial charge in [-0.05, 0) is 29.3 Å². The first-order valence-corrected chi connectivity index (χ1v) is 13.7. The fourth-order valence-electron chi connectivity index (χ4n) is 5.10. The van der Waals surface area contributed by atoms with E-state index in [1.54, 1.807) is 16.8 Å². The van der Waals surface area contributed by atoms with E-state index in [1.807, 2.05) is 78.7 Å². The second kappa shape index (κ2) is 11.8. The number of hydrogen-bond donors (Lipinski definition) is 1. The van der Waals surface area contributed by atoms with E-state index in [0.29, 0.717) is 66.9 Å². The number of benzene rings is 3. The van der Waals surface area contributed by atoms with E-state index in [-0.39, 0.29) is 6.61 Å². The first kappa shape index (κ1) is 27.1. The number of rotatable bonds is 8. The third kappa shape index (κ3) is 5.69. The molecule has 1 fully saturated rings. The van der Waals surface area contributed by atoms with Gasteiger partial charge in [-0.1, -0.05) is 60.7 Å². The van der Waals surface area contributed by atoms with Crippen molar-refractivity contribution in [2.75, 3.05) is 31.1 Å². The zero-order chi connectivity index (χ0) is 29.1. The molecule has 5 aromatic rings. The fourth-order valence-corrected chi connectivity index (χ4v) is 5.10. The number of hydrogen-bond acceptors (Lipinski definition) is 6. The summed E-state index contributed by atoms with van der Waals surface area (Å²) in [5.41, 5.74) is 4.31. The normalized spacial score (nSPS) is 13.4. The quantitative estimate of drug-likeness (QED) is 0.256. The highest BCUT2D eigenvalue weighted by Gasteiger charge is 2.25. The molecule has 0 saturated carbocycles. The largest absolute Gasteiger partial charge is 0.473 e. The van der Waals surface area contributed by atoms with E-state index >= 15 is 4.39 Å². The number of fused-ring (bicyclic) bond motifs is 1. The van der Waals surface area contributed by atoms with E-state index in [1.165, 1.54) is 11.0 Å². The number of nitrogens with zero attached hydrogens (tertiary/aromatic N) is 5. The Kier molecular flexibility index (Phi) is 7.59. The van der Waals surface area contributed by atoms with Crippen molar-refractivity contribution < 1.29 is 23.8 Å². The molecule has 0 aliphatic carbocycles. The smallest absolute Gasteiger partial charge is 0.407 e. The van der Waals surface area contributed by atoms with Crippen LogP contribution in [0.3, 0.4) is 0 Å². The number of carbonyl (C=O) groups is 1. The van der Waals surface area contributed by atoms with Crippen LogP contribution in [-0.4, -0.2) is 57.0 Å². The van der Waals surface area contributed by atoms with Crippen molar-refractivity contribution in [3.63, 3.8) is 0 Å². The maximum absolute atomic E-state index is 15.6. The standard InChI is InChI=1S/C32H30FN5O4/c1-36-27-19-28(37-14-16-38(17-15-37)32(39)40)26(33)18-25(27)30(35-36)24-12-13-29(41-20-22-8-4-2-5-9-22)34-31(24)42-21-23-10-6-3-7-11-23/h2-13,18-19H,14-17,20-21H2,1H3,(H,39,40). The van der Waals surface area contributed by atoms with Gasteiger partial charge in [0.1, 0.15) is 24.7 Å². The van der Waals surface area contributed by atoms with Crippen LogP contribution >= 0.6 is 0 Å². The predicted molar refractivity (Wildman–Crippen MR) is 157 cm³/mol. The molecule has 9 nitrogen and oxygen atoms in total. The second-order valence-corrected chi connectivity index (χ2v) is 10.1. The minimum atomic E-state index is -0.961. The minimum Gasteiger partial charge on any atom is -0.473 e. The number of pyridine rings is 1. The van der Waals surface area contributed by atoms with Gasteiger partial charge < -0.3 is 24.4 Å². The maximum atomic E-state index is 15.6. The van der Waals surface area contributed by atoms with Crippen LogP contribution in [0.15, 0.2) is 84.9 Å². The summed E-state index contributed by atoms with van der Waals surface area (Å²) in [5.74, 6) is 0.335. The molecule has 0 radical (unpaired) electrons. The van der Waals surface area contributed by atoms with Crippen LogP contribution in [0.5, 0.6) is 11.8 Å². The number of aromatic nitrogens is 3. The van der Waals surface area contributed by atoms with Gasteiger partial charge in [0.05, 0.1) is 16.8 Å². The number of halogens is 1. The van der Waals surface area contributed by atoms with Gasteiger partial charge in [0.15, 0.2) is 0 Å². The Balaban J connectivity index is 1.33. The van der Waals surface area contributed by atoms with E-state index in [9.17, 15) is 9.90 Å². The molecule has 6 rings (SSSR count). The third-order valence-electron chi connectivity index (χ3n) is 7.35. The average Bonchev–Trinajstić information content (AvgIpc) is 3.34. The van der Waals surface area contributed by atoms with Crippen LogP contribution < -0.4 is 14.4 Å². The van der Waals surface area contributed by atoms with Crippen molar-refractivity contribution in [1.82, 2.24) is 19.7 Å². The number of carboxylic acid groups (broad SMARTS) is 1. The van der Waals surface area contributed by atoms with Gasteiger partial charge in [-0.2, -0.15) is 10.1 Å². The van der Waals surface area contributed by atoms with Crippen molar-refractivity contribution in [1.29, 1.82) is 0 Å². The number of anilines is 1. The predicted octanol–water partition coefficient (Wildman–Crippen LogP) is 5.73. The topological polar surface area (TPSA) is 93.0 Å². The van der Waals surface area contributed by atoms with Gasteiger partial charge in [0, 0.05) is 44.7 Å². The Hall–Kier alpha value is -5.12. The van der Waals surface area contributed by atoms with Crippen molar-refractivity contribution in [3.05, 3.63) is 102 Å². The molecule has 1 amide bonds. The highest BCUT2D eigenvalue weighted by atomic mass is 19.1. The monoisotopic (exact) mass is 567 g/mol. The average molecular weight is 568 g/mol. The second-order valence-electron chi connectivity index (χ2n) is 10.1. The molecule has 1 N–H and O–H groups in total. The Morgan fingerprint density at radius 2 is 1.52 bits per heavy atom. The number of amides is 1. The zero-order valence-corrected chi connectivity index (χ0v) is 23.1. The molecular formula is C32H30FN5O4. The summed E-state index contributed by atoms with van der Waals surface area (Å²) in [4.78, 5) is 19.2. The first-order valence-electron chi connectivity index (χ1n) is 13.7. The van der Waals surface area contributed by atoms with Gasteiger partial charge in [0.25, 0.3) is 0 Å². The van der Waals surface area contributed by atoms with Gasteiger partial charge in [-0.15, -0.1) is 0 Å². The summed E-state index contributed by atoms with van der Waals surface area (Å²) < 4.78 is 29.5. The molecule has 10 heteroatoms. The molecule has 0 bridgehead atoms. The number of aryl methyl sites for hydroxylation is 1. The molecule has 214 valence electrons. The van der Waals surface area contributed by atoms with E-state index in [0.717, 1.165) is 16.6 Å². The molecular weight excluding hydrogens is 537 g/mol. The Labute approximate surface area is 242 Å². The van der Waals surface area contributed by atoms with Gasteiger partial charge in [0.2, 0.25) is 11.8 Å². The van der Waals surface area contributed by atoms with Crippen LogP contribution in [-0.2, 0) is 20.3 Å². The fraction of sp³-hybridized carbons (Fsp3) is 0.219. The Morgan fingerprint density at radius 3 is 2.17 bits per heavy atom. The molecule has 1 saturated heterocycles. The Morgan fingerprint density at radius 1 is 0.881 bits per heavy atom. The lowest BCUT2D eigenvalue weighted by Crippen LogP contribution is -2.48. The van der Waals surface area contributed by atoms with Crippen molar-refractivity contribution in [3.8, 4) is 23.0 Å². The minimum absolute atomic E-state index is 0.286. The molecule has 2 aromatic heterocycles. The van der Waals surface area contributed by atoms with Crippen LogP contribution in [0.25, 0.3) is 22.2 Å². The van der Waals surface area contributed by atoms with E-state index in [4.69, 9.17) is 14.6 Å². The molecule has 3 aromatic carbocycles. The van der Waals surface area contributed by atoms with E-state index in [2.05, 4.69) is 4.98 Å². The lowest BCUT2D eigenvalue weighted by atomic mass is 10.1. The Bertz CT molecular complexity index is 1700. The maximum Gasteiger partial charge on any atom is 0.407 e. The van der Waals surface area contributed by atoms with Gasteiger partial charge in [-0.25, -0.2) is 9.18 Å². The molecule has 0 unspecified atom stereocenters. The SMILES string of the molecule is Cn1nc(-c2ccc(OCc3ccccc3)nc2OCc2ccccc2)c2cc(F)c(N3CCN(C(=O)O)CC3)cc21. The highest BCUT2D eigenvalue weighted by molar-refractivity contribution is 5.96. The molecule has 0 spiro atoms. The molecule has 1 aliphatic heterocycles. The summed E-state index contributed by atoms with van der Waals surface area (Å²) in [7, 11) is 1.81. The summed E-state index contributed by atoms with van der Waals surface area (Å²) >= 11 is 0. The van der Waals surface area contributed by atoms with Crippen LogP contribution in [0.4, 0.5) is 14.9 Å². The van der Waals surface area contributed by atoms with Crippen molar-refractivity contribution >= 4 is 22.7 Å². The van der Waals surface area contributed by atoms with Gasteiger partial charge >= 0.3 is 6.09 Å². The van der Waals surface area contributed by atoms with Crippen LogP contribution in [0.2, 0.25) is 0 Å². The van der Waals surface area contributed by atoms with Crippen molar-refractivity contribution in [2.24, 2.45) is 7.05 Å². The molecule has 42 heavy (non-hydrogen) atoms. The number of ether oxygens (including phenoxy) is 2. The molecule has 1 aliphatic rings. The lowest BCUT2D eigenvalue weighted by Gasteiger charge is -2.34. The summed E-state index contributed by atoms with van der Waals surface area (Å²) in [6.07, 6.45) is -0.961. The van der Waals surface area contributed by atoms with Gasteiger partial charge in [-0.3, -0.25) is 4.68 Å². The molecule has 0 atom stereocenters. The van der Waals surface area contributed by atoms with Crippen LogP contribution in [0, 0.1) is 5.82 Å². The first-order chi connectivity index (χ1) is 20.5. The summed E-state index contributed by atoms with van der Waals surface area (Å²) in [5, 5.41) is 14.6. The summed E-state index contributed by atoms with van der Waals surface area (Å²) in [6.45, 7) is 2.09. The van der Waals surface area contributed by atoms with Crippen molar-refractivity contribution in [2.45, 2.75) is 13.2 Å². The molecule has 3 heterocycles. The highest BCUT2D eigenvalue weighted by Crippen LogP contribution is 2.37. The lowest BCUT2D eigenvalue weighted by molar-refractivity contribution is 0.142. The zero-order valence-electron chi connectivity index (χ0n) is 23.1. The summed E-state index contributed by atoms with van der Waals surface area (Å²) in [6, 6.07) is 26.5. The van der Waals surface area contributed by atoms with Crippen LogP contribution in [0.1, 0.15) is 11.1 Å². The van der Waals surface area contributed by atoms with E-state index < -0.39 is 11.9 Å². The third-order valence-corrected chi connectivity index (χ3v) is 7.35.